The van der Waals surface area contributed by atoms with Gasteiger partial charge in [0.15, 0.2) is 0 Å². The van der Waals surface area contributed by atoms with E-state index in [2.05, 4.69) is 39.0 Å². The number of hydrogen-bond acceptors (Lipinski definition) is 1. The largest absolute Gasteiger partial charge is 0.466 e. The van der Waals surface area contributed by atoms with Crippen molar-refractivity contribution in [3.05, 3.63) is 34.9 Å². The molecule has 0 amide bonds. The number of benzene rings is 1. The number of rotatable bonds is 3. The zero-order chi connectivity index (χ0) is 13.5. The highest BCUT2D eigenvalue weighted by Gasteiger charge is 2.02. The maximum Gasteiger partial charge on any atom is 0.466 e. The molecule has 1 aromatic carbocycles. The fourth-order valence-electron chi connectivity index (χ4n) is 1.80. The van der Waals surface area contributed by atoms with Crippen molar-refractivity contribution in [2.45, 2.75) is 40.0 Å². The van der Waals surface area contributed by atoms with Gasteiger partial charge in [0.1, 0.15) is 0 Å². The van der Waals surface area contributed by atoms with Crippen LogP contribution in [0.15, 0.2) is 18.2 Å². The maximum absolute atomic E-state index is 8.88. The Hall–Kier alpha value is -0.670. The van der Waals surface area contributed by atoms with E-state index in [0.29, 0.717) is 0 Å². The molecule has 17 heavy (non-hydrogen) atoms. The zero-order valence-electron chi connectivity index (χ0n) is 10.6. The zero-order valence-corrected chi connectivity index (χ0v) is 11.4. The minimum absolute atomic E-state index is 1.16. The Balaban J connectivity index is 0.000000437. The molecule has 0 unspecified atom stereocenters. The molecule has 0 spiro atoms. The van der Waals surface area contributed by atoms with Gasteiger partial charge in [0.05, 0.1) is 0 Å². The second kappa shape index (κ2) is 7.62. The van der Waals surface area contributed by atoms with Gasteiger partial charge in [-0.1, -0.05) is 39.0 Å². The molecular weight excluding hydrogens is 239 g/mol. The maximum atomic E-state index is 8.88. The molecule has 0 fully saturated rings. The quantitative estimate of drug-likeness (QED) is 0.729. The summed E-state index contributed by atoms with van der Waals surface area (Å²) in [5.74, 6) is 0. The molecule has 5 heteroatoms. The van der Waals surface area contributed by atoms with Crippen LogP contribution in [0.4, 0.5) is 0 Å². The summed E-state index contributed by atoms with van der Waals surface area (Å²) in [5, 5.41) is 0. The normalized spacial score (nSPS) is 10.7. The molecule has 1 aromatic rings. The van der Waals surface area contributed by atoms with Crippen LogP contribution in [-0.2, 0) is 23.8 Å². The van der Waals surface area contributed by atoms with Gasteiger partial charge >= 0.3 is 7.82 Å². The van der Waals surface area contributed by atoms with Crippen molar-refractivity contribution in [3.8, 4) is 0 Å². The van der Waals surface area contributed by atoms with Crippen molar-refractivity contribution in [3.63, 3.8) is 0 Å². The minimum atomic E-state index is -4.64. The molecule has 1 rings (SSSR count). The molecule has 0 saturated carbocycles. The van der Waals surface area contributed by atoms with Gasteiger partial charge in [-0.15, -0.1) is 0 Å². The van der Waals surface area contributed by atoms with Crippen LogP contribution in [0.2, 0.25) is 0 Å². The first-order valence-corrected chi connectivity index (χ1v) is 7.27. The third-order valence-electron chi connectivity index (χ3n) is 2.49. The van der Waals surface area contributed by atoms with Crippen LogP contribution < -0.4 is 0 Å². The second-order valence-electron chi connectivity index (χ2n) is 3.63. The van der Waals surface area contributed by atoms with Crippen molar-refractivity contribution in [1.29, 1.82) is 0 Å². The van der Waals surface area contributed by atoms with E-state index in [-0.39, 0.29) is 0 Å². The highest BCUT2D eigenvalue weighted by atomic mass is 31.2. The van der Waals surface area contributed by atoms with Gasteiger partial charge in [-0.25, -0.2) is 4.57 Å². The second-order valence-corrected chi connectivity index (χ2v) is 4.66. The first-order chi connectivity index (χ1) is 7.83. The topological polar surface area (TPSA) is 77.8 Å². The van der Waals surface area contributed by atoms with Gasteiger partial charge in [-0.05, 0) is 36.0 Å². The van der Waals surface area contributed by atoms with E-state index in [9.17, 15) is 0 Å². The lowest BCUT2D eigenvalue weighted by Gasteiger charge is -2.10. The predicted molar refractivity (Wildman–Crippen MR) is 68.8 cm³/mol. The van der Waals surface area contributed by atoms with Crippen molar-refractivity contribution >= 4 is 7.82 Å². The van der Waals surface area contributed by atoms with Gasteiger partial charge in [0, 0.05) is 0 Å². The molecule has 0 aliphatic carbocycles. The van der Waals surface area contributed by atoms with E-state index in [1.54, 1.807) is 5.56 Å². The summed E-state index contributed by atoms with van der Waals surface area (Å²) in [4.78, 5) is 21.6. The summed E-state index contributed by atoms with van der Waals surface area (Å²) >= 11 is 0. The molecule has 98 valence electrons. The predicted octanol–water partition coefficient (Wildman–Crippen LogP) is 2.45. The Labute approximate surface area is 103 Å². The third-order valence-corrected chi connectivity index (χ3v) is 2.49. The summed E-state index contributed by atoms with van der Waals surface area (Å²) in [5.41, 5.74) is 4.62. The van der Waals surface area contributed by atoms with Crippen molar-refractivity contribution in [1.82, 2.24) is 0 Å². The summed E-state index contributed by atoms with van der Waals surface area (Å²) in [6, 6.07) is 6.67. The Morgan fingerprint density at radius 1 is 0.941 bits per heavy atom. The monoisotopic (exact) mass is 260 g/mol. The third kappa shape index (κ3) is 7.29. The summed E-state index contributed by atoms with van der Waals surface area (Å²) in [7, 11) is -4.64. The lowest BCUT2D eigenvalue weighted by Crippen LogP contribution is -1.96. The molecule has 0 aliphatic heterocycles. The van der Waals surface area contributed by atoms with Crippen LogP contribution in [0.3, 0.4) is 0 Å². The van der Waals surface area contributed by atoms with Gasteiger partial charge in [-0.2, -0.15) is 0 Å². The van der Waals surface area contributed by atoms with Gasteiger partial charge in [-0.3, -0.25) is 0 Å². The van der Waals surface area contributed by atoms with Crippen molar-refractivity contribution in [2.24, 2.45) is 0 Å². The molecule has 4 nitrogen and oxygen atoms in total. The molecular formula is C12H21O4P. The number of aryl methyl sites for hydroxylation is 2. The summed E-state index contributed by atoms with van der Waals surface area (Å²) < 4.78 is 8.88. The number of hydrogen-bond donors (Lipinski definition) is 3. The standard InChI is InChI=1S/C12H18.H3O4P/c1-4-10-8-7-9-11(5-2)12(10)6-3;1-5(2,3)4/h7-9H,4-6H2,1-3H3;(H3,1,2,3,4). The Morgan fingerprint density at radius 2 is 1.29 bits per heavy atom. The SMILES string of the molecule is CCc1cccc(CC)c1CC.O=P(O)(O)O. The van der Waals surface area contributed by atoms with Crippen LogP contribution in [-0.4, -0.2) is 14.7 Å². The minimum Gasteiger partial charge on any atom is -0.303 e. The fraction of sp³-hybridized carbons (Fsp3) is 0.500. The molecule has 0 aromatic heterocycles. The van der Waals surface area contributed by atoms with E-state index >= 15 is 0 Å². The van der Waals surface area contributed by atoms with E-state index in [0.717, 1.165) is 12.8 Å². The lowest BCUT2D eigenvalue weighted by atomic mass is 9.96. The first-order valence-electron chi connectivity index (χ1n) is 5.71. The first kappa shape index (κ1) is 16.3. The average Bonchev–Trinajstić information content (AvgIpc) is 2.25. The van der Waals surface area contributed by atoms with E-state index < -0.39 is 7.82 Å². The van der Waals surface area contributed by atoms with E-state index in [4.69, 9.17) is 19.2 Å². The highest BCUT2D eigenvalue weighted by Crippen LogP contribution is 2.25. The lowest BCUT2D eigenvalue weighted by molar-refractivity contribution is 0.275. The average molecular weight is 260 g/mol. The van der Waals surface area contributed by atoms with Crippen LogP contribution in [0.1, 0.15) is 37.5 Å². The van der Waals surface area contributed by atoms with E-state index in [1.807, 2.05) is 0 Å². The van der Waals surface area contributed by atoms with Crippen molar-refractivity contribution < 1.29 is 19.2 Å². The fourth-order valence-corrected chi connectivity index (χ4v) is 1.80. The highest BCUT2D eigenvalue weighted by molar-refractivity contribution is 7.45. The molecule has 0 heterocycles. The summed E-state index contributed by atoms with van der Waals surface area (Å²) in [6.45, 7) is 6.70. The smallest absolute Gasteiger partial charge is 0.303 e. The van der Waals surface area contributed by atoms with Crippen LogP contribution in [0, 0.1) is 0 Å². The molecule has 3 N–H and O–H groups in total. The Bertz CT molecular complexity index is 354. The van der Waals surface area contributed by atoms with Gasteiger partial charge in [0.2, 0.25) is 0 Å². The van der Waals surface area contributed by atoms with E-state index in [1.165, 1.54) is 17.5 Å². The Kier molecular flexibility index (Phi) is 7.32. The molecule has 0 atom stereocenters. The Morgan fingerprint density at radius 3 is 1.53 bits per heavy atom. The summed E-state index contributed by atoms with van der Waals surface area (Å²) in [6.07, 6.45) is 3.50. The van der Waals surface area contributed by atoms with Gasteiger partial charge < -0.3 is 14.7 Å². The molecule has 0 aliphatic rings. The number of phosphoric acid groups is 1. The van der Waals surface area contributed by atoms with Crippen LogP contribution in [0.25, 0.3) is 0 Å². The van der Waals surface area contributed by atoms with Crippen LogP contribution >= 0.6 is 7.82 Å². The molecule has 0 bridgehead atoms. The van der Waals surface area contributed by atoms with Crippen molar-refractivity contribution in [2.75, 3.05) is 0 Å². The van der Waals surface area contributed by atoms with Crippen LogP contribution in [0.5, 0.6) is 0 Å². The molecule has 0 radical (unpaired) electrons. The van der Waals surface area contributed by atoms with Gasteiger partial charge in [0.25, 0.3) is 0 Å². The molecule has 0 saturated heterocycles.